The minimum Gasteiger partial charge on any atom is -0.355 e. The summed E-state index contributed by atoms with van der Waals surface area (Å²) in [6.45, 7) is 2.79. The number of amides is 2. The van der Waals surface area contributed by atoms with Crippen LogP contribution in [0.2, 0.25) is 10.0 Å². The van der Waals surface area contributed by atoms with Gasteiger partial charge in [0, 0.05) is 24.2 Å². The quantitative estimate of drug-likeness (QED) is 0.771. The van der Waals surface area contributed by atoms with Gasteiger partial charge in [0.05, 0.1) is 10.7 Å². The lowest BCUT2D eigenvalue weighted by molar-refractivity contribution is -0.132. The third-order valence-corrected chi connectivity index (χ3v) is 4.17. The average Bonchev–Trinajstić information content (AvgIpc) is 2.83. The van der Waals surface area contributed by atoms with E-state index in [-0.39, 0.29) is 30.3 Å². The van der Waals surface area contributed by atoms with Crippen molar-refractivity contribution in [3.05, 3.63) is 28.2 Å². The number of nitrogens with zero attached hydrogens (tertiary/aromatic N) is 1. The van der Waals surface area contributed by atoms with E-state index >= 15 is 0 Å². The highest BCUT2D eigenvalue weighted by Gasteiger charge is 2.38. The van der Waals surface area contributed by atoms with Crippen LogP contribution in [0.3, 0.4) is 0 Å². The number of hydrogen-bond acceptors (Lipinski definition) is 3. The standard InChI is InChI=1S/C15H19Cl2N3O2.ClH/c1-9(18)4-6-19-14(21)11-5-7-20(15(11)22)13-8-10(16)2-3-12(13)17;/h2-3,8-9,11H,4-7,18H2,1H3,(H,19,21);1H. The summed E-state index contributed by atoms with van der Waals surface area (Å²) in [5, 5.41) is 3.70. The summed E-state index contributed by atoms with van der Waals surface area (Å²) in [4.78, 5) is 26.1. The SMILES string of the molecule is CC(N)CCNC(=O)C1CCN(c2cc(Cl)ccc2Cl)C1=O.Cl. The second kappa shape index (κ2) is 8.73. The number of benzene rings is 1. The molecule has 1 aliphatic rings. The third-order valence-electron chi connectivity index (χ3n) is 3.62. The topological polar surface area (TPSA) is 75.4 Å². The van der Waals surface area contributed by atoms with Crippen LogP contribution >= 0.6 is 35.6 Å². The molecule has 0 spiro atoms. The minimum atomic E-state index is -0.678. The van der Waals surface area contributed by atoms with Crippen LogP contribution in [-0.2, 0) is 9.59 Å². The van der Waals surface area contributed by atoms with Gasteiger partial charge in [0.25, 0.3) is 0 Å². The van der Waals surface area contributed by atoms with E-state index in [9.17, 15) is 9.59 Å². The summed E-state index contributed by atoms with van der Waals surface area (Å²) in [6.07, 6.45) is 1.14. The molecule has 1 saturated heterocycles. The van der Waals surface area contributed by atoms with Gasteiger partial charge in [0.2, 0.25) is 11.8 Å². The van der Waals surface area contributed by atoms with Gasteiger partial charge in [-0.05, 0) is 38.0 Å². The molecule has 1 fully saturated rings. The fraction of sp³-hybridized carbons (Fsp3) is 0.467. The lowest BCUT2D eigenvalue weighted by atomic mass is 10.1. The number of nitrogens with two attached hydrogens (primary N) is 1. The molecule has 0 aliphatic carbocycles. The zero-order valence-corrected chi connectivity index (χ0v) is 15.0. The third kappa shape index (κ3) is 4.98. The molecule has 0 aromatic heterocycles. The van der Waals surface area contributed by atoms with Crippen molar-refractivity contribution in [2.45, 2.75) is 25.8 Å². The van der Waals surface area contributed by atoms with Gasteiger partial charge in [-0.3, -0.25) is 9.59 Å². The predicted octanol–water partition coefficient (Wildman–Crippen LogP) is 2.62. The van der Waals surface area contributed by atoms with Crippen molar-refractivity contribution in [2.75, 3.05) is 18.0 Å². The van der Waals surface area contributed by atoms with E-state index in [1.165, 1.54) is 4.90 Å². The van der Waals surface area contributed by atoms with Gasteiger partial charge in [0.15, 0.2) is 0 Å². The maximum absolute atomic E-state index is 12.4. The maximum atomic E-state index is 12.4. The molecule has 2 atom stereocenters. The Morgan fingerprint density at radius 2 is 2.17 bits per heavy atom. The van der Waals surface area contributed by atoms with E-state index in [0.29, 0.717) is 41.7 Å². The van der Waals surface area contributed by atoms with Crippen LogP contribution in [0.5, 0.6) is 0 Å². The lowest BCUT2D eigenvalue weighted by Gasteiger charge is -2.18. The molecule has 1 aromatic rings. The Hall–Kier alpha value is -1.01. The van der Waals surface area contributed by atoms with Crippen LogP contribution in [0.15, 0.2) is 18.2 Å². The zero-order chi connectivity index (χ0) is 16.3. The second-order valence-corrected chi connectivity index (χ2v) is 6.33. The van der Waals surface area contributed by atoms with E-state index < -0.39 is 5.92 Å². The van der Waals surface area contributed by atoms with Crippen LogP contribution in [0.25, 0.3) is 0 Å². The molecule has 3 N–H and O–H groups in total. The Morgan fingerprint density at radius 1 is 1.48 bits per heavy atom. The van der Waals surface area contributed by atoms with Crippen LogP contribution < -0.4 is 16.0 Å². The maximum Gasteiger partial charge on any atom is 0.239 e. The van der Waals surface area contributed by atoms with Gasteiger partial charge in [-0.2, -0.15) is 0 Å². The van der Waals surface area contributed by atoms with Crippen molar-refractivity contribution in [1.29, 1.82) is 0 Å². The van der Waals surface area contributed by atoms with Crippen molar-refractivity contribution in [3.63, 3.8) is 0 Å². The first-order valence-corrected chi connectivity index (χ1v) is 7.95. The molecule has 0 saturated carbocycles. The van der Waals surface area contributed by atoms with Crippen molar-refractivity contribution in [1.82, 2.24) is 5.32 Å². The summed E-state index contributed by atoms with van der Waals surface area (Å²) in [5.41, 5.74) is 6.18. The highest BCUT2D eigenvalue weighted by atomic mass is 35.5. The van der Waals surface area contributed by atoms with Crippen molar-refractivity contribution in [3.8, 4) is 0 Å². The van der Waals surface area contributed by atoms with Gasteiger partial charge in [-0.25, -0.2) is 0 Å². The van der Waals surface area contributed by atoms with Crippen LogP contribution in [0.1, 0.15) is 19.8 Å². The number of nitrogens with one attached hydrogen (secondary N) is 1. The first-order valence-electron chi connectivity index (χ1n) is 7.20. The second-order valence-electron chi connectivity index (χ2n) is 5.48. The summed E-state index contributed by atoms with van der Waals surface area (Å²) in [7, 11) is 0. The summed E-state index contributed by atoms with van der Waals surface area (Å²) in [6, 6.07) is 4.95. The Kier molecular flexibility index (Phi) is 7.61. The first-order chi connectivity index (χ1) is 10.4. The Morgan fingerprint density at radius 3 is 2.83 bits per heavy atom. The molecule has 5 nitrogen and oxygen atoms in total. The van der Waals surface area contributed by atoms with Gasteiger partial charge < -0.3 is 16.0 Å². The van der Waals surface area contributed by atoms with Gasteiger partial charge in [-0.1, -0.05) is 23.2 Å². The molecule has 2 amide bonds. The van der Waals surface area contributed by atoms with E-state index in [1.807, 2.05) is 6.92 Å². The summed E-state index contributed by atoms with van der Waals surface area (Å²) >= 11 is 12.1. The van der Waals surface area contributed by atoms with Crippen molar-refractivity contribution in [2.24, 2.45) is 11.7 Å². The predicted molar refractivity (Wildman–Crippen MR) is 95.4 cm³/mol. The normalized spacial score (nSPS) is 18.5. The number of carbonyl (C=O) groups is 2. The van der Waals surface area contributed by atoms with E-state index in [0.717, 1.165) is 0 Å². The number of halogens is 3. The molecule has 2 rings (SSSR count). The Bertz CT molecular complexity index is 581. The molecule has 128 valence electrons. The lowest BCUT2D eigenvalue weighted by Crippen LogP contribution is -2.38. The first kappa shape index (κ1) is 20.0. The zero-order valence-electron chi connectivity index (χ0n) is 12.7. The fourth-order valence-electron chi connectivity index (χ4n) is 2.40. The summed E-state index contributed by atoms with van der Waals surface area (Å²) in [5.74, 6) is -1.18. The number of rotatable bonds is 5. The molecule has 23 heavy (non-hydrogen) atoms. The smallest absolute Gasteiger partial charge is 0.239 e. The van der Waals surface area contributed by atoms with E-state index in [2.05, 4.69) is 5.32 Å². The monoisotopic (exact) mass is 379 g/mol. The average molecular weight is 381 g/mol. The van der Waals surface area contributed by atoms with Crippen molar-refractivity contribution < 1.29 is 9.59 Å². The van der Waals surface area contributed by atoms with E-state index in [1.54, 1.807) is 18.2 Å². The number of hydrogen-bond donors (Lipinski definition) is 2. The highest BCUT2D eigenvalue weighted by Crippen LogP contribution is 2.33. The van der Waals surface area contributed by atoms with E-state index in [4.69, 9.17) is 28.9 Å². The number of carbonyl (C=O) groups excluding carboxylic acids is 2. The molecule has 1 aliphatic heterocycles. The number of anilines is 1. The van der Waals surface area contributed by atoms with Gasteiger partial charge >= 0.3 is 0 Å². The van der Waals surface area contributed by atoms with Crippen LogP contribution in [-0.4, -0.2) is 30.9 Å². The van der Waals surface area contributed by atoms with Crippen molar-refractivity contribution >= 4 is 53.1 Å². The molecule has 0 bridgehead atoms. The summed E-state index contributed by atoms with van der Waals surface area (Å²) < 4.78 is 0. The molecule has 1 aromatic carbocycles. The van der Waals surface area contributed by atoms with Crippen LogP contribution in [0.4, 0.5) is 5.69 Å². The Balaban J connectivity index is 0.00000264. The molecule has 0 radical (unpaired) electrons. The Labute approximate surface area is 151 Å². The minimum absolute atomic E-state index is 0. The molecule has 1 heterocycles. The van der Waals surface area contributed by atoms with Crippen LogP contribution in [0, 0.1) is 5.92 Å². The largest absolute Gasteiger partial charge is 0.355 e. The van der Waals surface area contributed by atoms with Gasteiger partial charge in [-0.15, -0.1) is 12.4 Å². The molecule has 8 heteroatoms. The molecular weight excluding hydrogens is 361 g/mol. The fourth-order valence-corrected chi connectivity index (χ4v) is 2.79. The highest BCUT2D eigenvalue weighted by molar-refractivity contribution is 6.36. The van der Waals surface area contributed by atoms with Gasteiger partial charge in [0.1, 0.15) is 5.92 Å². The molecular formula is C15H20Cl3N3O2. The molecule has 2 unspecified atom stereocenters.